The molecule has 58 heavy (non-hydrogen) atoms. The van der Waals surface area contributed by atoms with E-state index in [1.807, 2.05) is 97.1 Å². The van der Waals surface area contributed by atoms with Gasteiger partial charge >= 0.3 is 0 Å². The van der Waals surface area contributed by atoms with E-state index in [0.717, 1.165) is 33.3 Å². The first-order valence-corrected chi connectivity index (χ1v) is 23.8. The van der Waals surface area contributed by atoms with Gasteiger partial charge in [-0.2, -0.15) is 0 Å². The van der Waals surface area contributed by atoms with Crippen LogP contribution in [-0.4, -0.2) is 23.4 Å². The SMILES string of the molecule is CCCCCCCCCCCCOc1ccc(C(O)(C#CC(O)(c2ccc(Br)cc2)c2ccc(OCCCCCCCCCCCC)cc2)c2ccc(Br)cc2)cc1. The van der Waals surface area contributed by atoms with Gasteiger partial charge in [0.05, 0.1) is 13.2 Å². The fourth-order valence-electron chi connectivity index (χ4n) is 7.33. The molecule has 4 aromatic rings. The highest BCUT2D eigenvalue weighted by Gasteiger charge is 2.34. The van der Waals surface area contributed by atoms with Gasteiger partial charge in [-0.15, -0.1) is 0 Å². The van der Waals surface area contributed by atoms with Gasteiger partial charge in [0.15, 0.2) is 11.2 Å². The van der Waals surface area contributed by atoms with Gasteiger partial charge in [0.2, 0.25) is 0 Å². The molecule has 4 nitrogen and oxygen atoms in total. The van der Waals surface area contributed by atoms with Gasteiger partial charge < -0.3 is 19.7 Å². The van der Waals surface area contributed by atoms with Gasteiger partial charge in [0, 0.05) is 31.2 Å². The molecule has 2 atom stereocenters. The van der Waals surface area contributed by atoms with E-state index < -0.39 is 11.2 Å². The molecule has 2 unspecified atom stereocenters. The molecule has 0 amide bonds. The number of rotatable bonds is 28. The maximum Gasteiger partial charge on any atom is 0.177 e. The lowest BCUT2D eigenvalue weighted by Crippen LogP contribution is -2.29. The minimum Gasteiger partial charge on any atom is -0.494 e. The van der Waals surface area contributed by atoms with Crippen LogP contribution in [0.5, 0.6) is 11.5 Å². The Hall–Kier alpha value is -3.08. The minimum absolute atomic E-state index is 0.586. The molecule has 0 saturated heterocycles. The maximum atomic E-state index is 12.5. The van der Waals surface area contributed by atoms with Crippen molar-refractivity contribution in [2.24, 2.45) is 0 Å². The largest absolute Gasteiger partial charge is 0.494 e. The summed E-state index contributed by atoms with van der Waals surface area (Å²) in [6.45, 7) is 5.85. The molecule has 4 aromatic carbocycles. The van der Waals surface area contributed by atoms with Gasteiger partial charge in [-0.05, 0) is 61.4 Å². The van der Waals surface area contributed by atoms with Crippen molar-refractivity contribution in [2.45, 2.75) is 153 Å². The van der Waals surface area contributed by atoms with Gasteiger partial charge in [-0.3, -0.25) is 0 Å². The third-order valence-electron chi connectivity index (χ3n) is 11.0. The summed E-state index contributed by atoms with van der Waals surface area (Å²) in [6.07, 6.45) is 25.6. The fraction of sp³-hybridized carbons (Fsp3) is 0.500. The van der Waals surface area contributed by atoms with Crippen LogP contribution in [0.3, 0.4) is 0 Å². The van der Waals surface area contributed by atoms with Gasteiger partial charge in [-0.1, -0.05) is 222 Å². The Bertz CT molecular complexity index is 1620. The Morgan fingerprint density at radius 2 is 0.621 bits per heavy atom. The molecular weight excluding hydrogens is 848 g/mol. The van der Waals surface area contributed by atoms with Crippen molar-refractivity contribution in [3.8, 4) is 23.3 Å². The third-order valence-corrected chi connectivity index (χ3v) is 12.1. The van der Waals surface area contributed by atoms with Crippen molar-refractivity contribution in [1.82, 2.24) is 0 Å². The highest BCUT2D eigenvalue weighted by atomic mass is 79.9. The number of hydrogen-bond acceptors (Lipinski definition) is 4. The lowest BCUT2D eigenvalue weighted by Gasteiger charge is -2.27. The van der Waals surface area contributed by atoms with Crippen LogP contribution < -0.4 is 9.47 Å². The number of halogens is 2. The van der Waals surface area contributed by atoms with E-state index >= 15 is 0 Å². The summed E-state index contributed by atoms with van der Waals surface area (Å²) in [6, 6.07) is 30.0. The van der Waals surface area contributed by atoms with E-state index in [4.69, 9.17) is 9.47 Å². The number of hydrogen-bond donors (Lipinski definition) is 2. The quantitative estimate of drug-likeness (QED) is 0.0440. The summed E-state index contributed by atoms with van der Waals surface area (Å²) >= 11 is 7.07. The smallest absolute Gasteiger partial charge is 0.177 e. The van der Waals surface area contributed by atoms with Gasteiger partial charge in [-0.25, -0.2) is 0 Å². The Kier molecular flexibility index (Phi) is 22.1. The molecule has 0 aliphatic rings. The van der Waals surface area contributed by atoms with Crippen LogP contribution in [0.15, 0.2) is 106 Å². The van der Waals surface area contributed by atoms with E-state index in [1.165, 1.54) is 116 Å². The van der Waals surface area contributed by atoms with E-state index in [-0.39, 0.29) is 0 Å². The Labute approximate surface area is 367 Å². The zero-order valence-corrected chi connectivity index (χ0v) is 38.4. The van der Waals surface area contributed by atoms with Crippen molar-refractivity contribution < 1.29 is 19.7 Å². The van der Waals surface area contributed by atoms with E-state index in [2.05, 4.69) is 57.5 Å². The predicted octanol–water partition coefficient (Wildman–Crippen LogP) is 15.0. The van der Waals surface area contributed by atoms with Crippen LogP contribution in [0.2, 0.25) is 0 Å². The van der Waals surface area contributed by atoms with Crippen LogP contribution in [-0.2, 0) is 11.2 Å². The van der Waals surface area contributed by atoms with Crippen molar-refractivity contribution in [2.75, 3.05) is 13.2 Å². The standard InChI is InChI=1S/C52H68Br2O4/c1-3-5-7-9-11-13-15-17-19-21-41-57-49-35-27-45(28-36-49)51(55,43-23-31-47(53)32-24-43)39-40-52(56,44-25-33-48(54)34-26-44)46-29-37-50(38-30-46)58-42-22-20-18-16-14-12-10-8-6-4-2/h23-38,55-56H,3-22,41-42H2,1-2H3. The van der Waals surface area contributed by atoms with Gasteiger partial charge in [0.25, 0.3) is 0 Å². The van der Waals surface area contributed by atoms with Crippen molar-refractivity contribution >= 4 is 31.9 Å². The summed E-state index contributed by atoms with van der Waals surface area (Å²) in [5.41, 5.74) is -1.09. The van der Waals surface area contributed by atoms with E-state index in [0.29, 0.717) is 35.5 Å². The predicted molar refractivity (Wildman–Crippen MR) is 250 cm³/mol. The summed E-state index contributed by atoms with van der Waals surface area (Å²) in [4.78, 5) is 0. The van der Waals surface area contributed by atoms with Crippen LogP contribution in [0.1, 0.15) is 165 Å². The molecular formula is C52H68Br2O4. The molecule has 314 valence electrons. The van der Waals surface area contributed by atoms with Crippen LogP contribution in [0.25, 0.3) is 0 Å². The second-order valence-corrected chi connectivity index (χ2v) is 17.6. The molecule has 0 fully saturated rings. The second-order valence-electron chi connectivity index (χ2n) is 15.8. The average molecular weight is 917 g/mol. The lowest BCUT2D eigenvalue weighted by molar-refractivity contribution is 0.133. The molecule has 0 aliphatic heterocycles. The molecule has 6 heteroatoms. The van der Waals surface area contributed by atoms with Crippen LogP contribution in [0, 0.1) is 11.8 Å². The number of benzene rings is 4. The lowest BCUT2D eigenvalue weighted by atomic mass is 9.83. The molecule has 0 saturated carbocycles. The van der Waals surface area contributed by atoms with E-state index in [9.17, 15) is 10.2 Å². The molecule has 4 rings (SSSR count). The average Bonchev–Trinajstić information content (AvgIpc) is 3.24. The van der Waals surface area contributed by atoms with Crippen molar-refractivity contribution in [3.63, 3.8) is 0 Å². The molecule has 0 radical (unpaired) electrons. The van der Waals surface area contributed by atoms with Gasteiger partial charge in [0.1, 0.15) is 11.5 Å². The highest BCUT2D eigenvalue weighted by Crippen LogP contribution is 2.35. The Balaban J connectivity index is 1.43. The zero-order valence-electron chi connectivity index (χ0n) is 35.3. The minimum atomic E-state index is -1.72. The Morgan fingerprint density at radius 1 is 0.379 bits per heavy atom. The van der Waals surface area contributed by atoms with Crippen molar-refractivity contribution in [1.29, 1.82) is 0 Å². The Morgan fingerprint density at radius 3 is 0.897 bits per heavy atom. The first-order chi connectivity index (χ1) is 28.3. The number of aliphatic hydroxyl groups is 2. The molecule has 2 N–H and O–H groups in total. The first kappa shape index (κ1) is 47.6. The summed E-state index contributed by atoms with van der Waals surface area (Å²) in [7, 11) is 0. The summed E-state index contributed by atoms with van der Waals surface area (Å²) in [5.74, 6) is 7.83. The molecule has 0 heterocycles. The summed E-state index contributed by atoms with van der Waals surface area (Å²) < 4.78 is 14.0. The van der Waals surface area contributed by atoms with E-state index in [1.54, 1.807) is 0 Å². The fourth-order valence-corrected chi connectivity index (χ4v) is 7.86. The molecule has 0 bridgehead atoms. The number of unbranched alkanes of at least 4 members (excludes halogenated alkanes) is 18. The van der Waals surface area contributed by atoms with Crippen molar-refractivity contribution in [3.05, 3.63) is 128 Å². The maximum absolute atomic E-state index is 12.5. The second kappa shape index (κ2) is 26.9. The van der Waals surface area contributed by atoms with Crippen LogP contribution >= 0.6 is 31.9 Å². The first-order valence-electron chi connectivity index (χ1n) is 22.3. The monoisotopic (exact) mass is 914 g/mol. The summed E-state index contributed by atoms with van der Waals surface area (Å²) in [5, 5.41) is 25.0. The normalized spacial score (nSPS) is 13.3. The molecule has 0 spiro atoms. The highest BCUT2D eigenvalue weighted by molar-refractivity contribution is 9.10. The molecule has 0 aliphatic carbocycles. The third kappa shape index (κ3) is 16.2. The zero-order chi connectivity index (χ0) is 41.3. The van der Waals surface area contributed by atoms with Crippen LogP contribution in [0.4, 0.5) is 0 Å². The number of ether oxygens (including phenoxy) is 2. The molecule has 0 aromatic heterocycles. The topological polar surface area (TPSA) is 58.9 Å².